The molecule has 0 spiro atoms. The van der Waals surface area contributed by atoms with E-state index in [9.17, 15) is 8.42 Å². The molecule has 1 aromatic carbocycles. The van der Waals surface area contributed by atoms with Crippen LogP contribution in [0.15, 0.2) is 35.0 Å². The van der Waals surface area contributed by atoms with Crippen molar-refractivity contribution < 1.29 is 12.9 Å². The molecule has 0 amide bonds. The standard InChI is InChI=1S/C14H16N6O3S/c1-9(2)24(21,22)18-11-6-4-5-10(7-11)14-15-13(17-23-14)12-8-20(3)19-16-12/h4-9,18H,1-3H3. The molecule has 3 aromatic rings. The molecule has 0 aliphatic rings. The highest BCUT2D eigenvalue weighted by molar-refractivity contribution is 7.93. The molecule has 0 aliphatic carbocycles. The summed E-state index contributed by atoms with van der Waals surface area (Å²) >= 11 is 0. The van der Waals surface area contributed by atoms with Crippen LogP contribution in [-0.2, 0) is 17.1 Å². The molecule has 0 atom stereocenters. The number of hydrogen-bond acceptors (Lipinski definition) is 7. The van der Waals surface area contributed by atoms with Crippen molar-refractivity contribution in [1.29, 1.82) is 0 Å². The van der Waals surface area contributed by atoms with Crippen molar-refractivity contribution in [3.63, 3.8) is 0 Å². The van der Waals surface area contributed by atoms with E-state index in [2.05, 4.69) is 25.2 Å². The SMILES string of the molecule is CC(C)S(=O)(=O)Nc1cccc(-c2nc(-c3cn(C)nn3)no2)c1. The zero-order valence-electron chi connectivity index (χ0n) is 13.3. The lowest BCUT2D eigenvalue weighted by Gasteiger charge is -2.10. The highest BCUT2D eigenvalue weighted by Crippen LogP contribution is 2.24. The molecule has 2 heterocycles. The van der Waals surface area contributed by atoms with Gasteiger partial charge in [0.15, 0.2) is 5.69 Å². The van der Waals surface area contributed by atoms with Gasteiger partial charge in [0.1, 0.15) is 0 Å². The Morgan fingerprint density at radius 2 is 2.08 bits per heavy atom. The third kappa shape index (κ3) is 3.27. The highest BCUT2D eigenvalue weighted by atomic mass is 32.2. The quantitative estimate of drug-likeness (QED) is 0.745. The summed E-state index contributed by atoms with van der Waals surface area (Å²) in [5.41, 5.74) is 1.52. The van der Waals surface area contributed by atoms with Gasteiger partial charge in [-0.1, -0.05) is 16.4 Å². The topological polar surface area (TPSA) is 116 Å². The van der Waals surface area contributed by atoms with E-state index in [1.165, 1.54) is 4.68 Å². The van der Waals surface area contributed by atoms with Gasteiger partial charge in [-0.15, -0.1) is 5.10 Å². The molecule has 0 saturated heterocycles. The molecule has 10 heteroatoms. The predicted octanol–water partition coefficient (Wildman–Crippen LogP) is 1.68. The van der Waals surface area contributed by atoms with Gasteiger partial charge < -0.3 is 4.52 Å². The summed E-state index contributed by atoms with van der Waals surface area (Å²) in [6.45, 7) is 3.22. The lowest BCUT2D eigenvalue weighted by molar-refractivity contribution is 0.432. The smallest absolute Gasteiger partial charge is 0.258 e. The van der Waals surface area contributed by atoms with Gasteiger partial charge in [0, 0.05) is 18.3 Å². The Morgan fingerprint density at radius 1 is 1.29 bits per heavy atom. The van der Waals surface area contributed by atoms with Crippen molar-refractivity contribution >= 4 is 15.7 Å². The number of nitrogens with one attached hydrogen (secondary N) is 1. The number of aryl methyl sites for hydroxylation is 1. The van der Waals surface area contributed by atoms with Gasteiger partial charge in [0.05, 0.1) is 11.4 Å². The first-order valence-electron chi connectivity index (χ1n) is 7.17. The van der Waals surface area contributed by atoms with Crippen LogP contribution >= 0.6 is 0 Å². The predicted molar refractivity (Wildman–Crippen MR) is 87.4 cm³/mol. The summed E-state index contributed by atoms with van der Waals surface area (Å²) in [7, 11) is -1.68. The number of nitrogens with zero attached hydrogens (tertiary/aromatic N) is 5. The molecule has 0 bridgehead atoms. The van der Waals surface area contributed by atoms with Crippen molar-refractivity contribution in [2.24, 2.45) is 7.05 Å². The van der Waals surface area contributed by atoms with Crippen LogP contribution in [0.4, 0.5) is 5.69 Å². The van der Waals surface area contributed by atoms with E-state index in [-0.39, 0.29) is 5.89 Å². The molecule has 0 saturated carbocycles. The molecular weight excluding hydrogens is 332 g/mol. The molecule has 126 valence electrons. The summed E-state index contributed by atoms with van der Waals surface area (Å²) in [6, 6.07) is 6.75. The number of hydrogen-bond donors (Lipinski definition) is 1. The van der Waals surface area contributed by atoms with Crippen molar-refractivity contribution in [3.05, 3.63) is 30.5 Å². The first-order valence-corrected chi connectivity index (χ1v) is 8.72. The minimum Gasteiger partial charge on any atom is -0.334 e. The summed E-state index contributed by atoms with van der Waals surface area (Å²) < 4.78 is 33.2. The van der Waals surface area contributed by atoms with Crippen molar-refractivity contribution in [2.75, 3.05) is 4.72 Å². The van der Waals surface area contributed by atoms with Gasteiger partial charge in [-0.2, -0.15) is 4.98 Å². The minimum absolute atomic E-state index is 0.265. The van der Waals surface area contributed by atoms with E-state index in [0.717, 1.165) is 0 Å². The average molecular weight is 348 g/mol. The number of aromatic nitrogens is 5. The largest absolute Gasteiger partial charge is 0.334 e. The van der Waals surface area contributed by atoms with E-state index >= 15 is 0 Å². The van der Waals surface area contributed by atoms with Gasteiger partial charge >= 0.3 is 0 Å². The normalized spacial score (nSPS) is 11.8. The van der Waals surface area contributed by atoms with E-state index < -0.39 is 15.3 Å². The van der Waals surface area contributed by atoms with Crippen molar-refractivity contribution in [2.45, 2.75) is 19.1 Å². The molecule has 9 nitrogen and oxygen atoms in total. The third-order valence-corrected chi connectivity index (χ3v) is 5.01. The second-order valence-electron chi connectivity index (χ2n) is 5.48. The van der Waals surface area contributed by atoms with Gasteiger partial charge in [-0.05, 0) is 32.0 Å². The van der Waals surface area contributed by atoms with Gasteiger partial charge in [-0.3, -0.25) is 9.40 Å². The molecule has 0 aliphatic heterocycles. The first kappa shape index (κ1) is 16.1. The van der Waals surface area contributed by atoms with Crippen LogP contribution in [0.5, 0.6) is 0 Å². The lowest BCUT2D eigenvalue weighted by Crippen LogP contribution is -2.22. The average Bonchev–Trinajstić information content (AvgIpc) is 3.15. The number of anilines is 1. The monoisotopic (exact) mass is 348 g/mol. The molecule has 0 unspecified atom stereocenters. The number of benzene rings is 1. The first-order chi connectivity index (χ1) is 11.3. The van der Waals surface area contributed by atoms with Crippen LogP contribution in [0, 0.1) is 0 Å². The van der Waals surface area contributed by atoms with E-state index in [4.69, 9.17) is 4.52 Å². The molecule has 24 heavy (non-hydrogen) atoms. The van der Waals surface area contributed by atoms with Gasteiger partial charge in [-0.25, -0.2) is 8.42 Å². The Kier molecular flexibility index (Phi) is 4.06. The van der Waals surface area contributed by atoms with Crippen LogP contribution < -0.4 is 4.72 Å². The third-order valence-electron chi connectivity index (χ3n) is 3.25. The van der Waals surface area contributed by atoms with Crippen molar-refractivity contribution in [3.8, 4) is 23.0 Å². The number of sulfonamides is 1. The van der Waals surface area contributed by atoms with E-state index in [0.29, 0.717) is 22.8 Å². The lowest BCUT2D eigenvalue weighted by atomic mass is 10.2. The van der Waals surface area contributed by atoms with Crippen LogP contribution in [0.2, 0.25) is 0 Å². The van der Waals surface area contributed by atoms with Crippen LogP contribution in [0.25, 0.3) is 23.0 Å². The van der Waals surface area contributed by atoms with Crippen LogP contribution in [-0.4, -0.2) is 38.8 Å². The fourth-order valence-electron chi connectivity index (χ4n) is 1.89. The second kappa shape index (κ2) is 6.04. The second-order valence-corrected chi connectivity index (χ2v) is 7.71. The molecular formula is C14H16N6O3S. The fourth-order valence-corrected chi connectivity index (χ4v) is 2.58. The van der Waals surface area contributed by atoms with Crippen molar-refractivity contribution in [1.82, 2.24) is 25.1 Å². The molecule has 2 aromatic heterocycles. The van der Waals surface area contributed by atoms with Gasteiger partial charge in [0.2, 0.25) is 15.8 Å². The van der Waals surface area contributed by atoms with E-state index in [1.54, 1.807) is 51.4 Å². The summed E-state index contributed by atoms with van der Waals surface area (Å²) in [6.07, 6.45) is 1.67. The maximum Gasteiger partial charge on any atom is 0.258 e. The maximum atomic E-state index is 12.0. The Morgan fingerprint density at radius 3 is 2.75 bits per heavy atom. The molecule has 0 radical (unpaired) electrons. The Balaban J connectivity index is 1.88. The summed E-state index contributed by atoms with van der Waals surface area (Å²) in [4.78, 5) is 4.27. The Bertz CT molecular complexity index is 960. The fraction of sp³-hybridized carbons (Fsp3) is 0.286. The van der Waals surface area contributed by atoms with Crippen LogP contribution in [0.1, 0.15) is 13.8 Å². The van der Waals surface area contributed by atoms with Gasteiger partial charge in [0.25, 0.3) is 5.89 Å². The maximum absolute atomic E-state index is 12.0. The Hall–Kier alpha value is -2.75. The zero-order valence-corrected chi connectivity index (χ0v) is 14.1. The minimum atomic E-state index is -3.42. The molecule has 0 fully saturated rings. The summed E-state index contributed by atoms with van der Waals surface area (Å²) in [5.74, 6) is 0.576. The Labute approximate surface area is 138 Å². The van der Waals surface area contributed by atoms with E-state index in [1.807, 2.05) is 0 Å². The molecule has 1 N–H and O–H groups in total. The van der Waals surface area contributed by atoms with Crippen LogP contribution in [0.3, 0.4) is 0 Å². The highest BCUT2D eigenvalue weighted by Gasteiger charge is 2.17. The number of rotatable bonds is 5. The molecule has 3 rings (SSSR count). The summed E-state index contributed by atoms with van der Waals surface area (Å²) in [5, 5.41) is 11.1. The zero-order chi connectivity index (χ0) is 17.3.